The van der Waals surface area contributed by atoms with Crippen LogP contribution < -0.4 is 0 Å². The van der Waals surface area contributed by atoms with Crippen molar-refractivity contribution in [2.75, 3.05) is 0 Å². The highest BCUT2D eigenvalue weighted by molar-refractivity contribution is 8.00. The molecule has 0 saturated heterocycles. The molecule has 0 amide bonds. The first kappa shape index (κ1) is 9.86. The average molecular weight is 194 g/mol. The van der Waals surface area contributed by atoms with E-state index in [9.17, 15) is 9.90 Å². The molecule has 0 fully saturated rings. The zero-order valence-corrected chi connectivity index (χ0v) is 7.83. The second-order valence-electron chi connectivity index (χ2n) is 2.42. The van der Waals surface area contributed by atoms with E-state index in [1.165, 1.54) is 11.8 Å². The highest BCUT2D eigenvalue weighted by Gasteiger charge is 2.06. The smallest absolute Gasteiger partial charge is 0.137 e. The summed E-state index contributed by atoms with van der Waals surface area (Å²) in [5.74, 6) is 0.196. The minimum Gasteiger partial charge on any atom is -0.507 e. The SMILES string of the molecule is C=CC(C=O)Sc1ccccc1O. The Morgan fingerprint density at radius 1 is 1.46 bits per heavy atom. The zero-order valence-electron chi connectivity index (χ0n) is 7.01. The van der Waals surface area contributed by atoms with Gasteiger partial charge in [0, 0.05) is 0 Å². The van der Waals surface area contributed by atoms with Gasteiger partial charge in [-0.05, 0) is 12.1 Å². The van der Waals surface area contributed by atoms with Crippen molar-refractivity contribution < 1.29 is 9.90 Å². The number of rotatable bonds is 4. The lowest BCUT2D eigenvalue weighted by Crippen LogP contribution is -1.97. The summed E-state index contributed by atoms with van der Waals surface area (Å²) in [5.41, 5.74) is 0. The van der Waals surface area contributed by atoms with Gasteiger partial charge in [0.25, 0.3) is 0 Å². The molecule has 3 heteroatoms. The Hall–Kier alpha value is -1.22. The number of thioether (sulfide) groups is 1. The summed E-state index contributed by atoms with van der Waals surface area (Å²) >= 11 is 1.28. The summed E-state index contributed by atoms with van der Waals surface area (Å²) in [5, 5.41) is 9.08. The van der Waals surface area contributed by atoms with Gasteiger partial charge in [0.05, 0.1) is 10.1 Å². The number of para-hydroxylation sites is 1. The molecule has 1 N–H and O–H groups in total. The maximum Gasteiger partial charge on any atom is 0.137 e. The summed E-state index contributed by atoms with van der Waals surface area (Å²) in [6.07, 6.45) is 2.34. The Morgan fingerprint density at radius 2 is 2.15 bits per heavy atom. The average Bonchev–Trinajstić information content (AvgIpc) is 2.17. The minimum absolute atomic E-state index is 0.196. The third kappa shape index (κ3) is 2.63. The number of carbonyl (C=O) groups is 1. The third-order valence-electron chi connectivity index (χ3n) is 1.49. The second kappa shape index (κ2) is 4.72. The van der Waals surface area contributed by atoms with E-state index in [4.69, 9.17) is 0 Å². The van der Waals surface area contributed by atoms with Crippen molar-refractivity contribution in [2.45, 2.75) is 10.1 Å². The number of hydrogen-bond donors (Lipinski definition) is 1. The zero-order chi connectivity index (χ0) is 9.68. The molecule has 1 aromatic carbocycles. The molecule has 0 bridgehead atoms. The van der Waals surface area contributed by atoms with E-state index in [1.807, 2.05) is 6.07 Å². The molecule has 0 aliphatic rings. The largest absolute Gasteiger partial charge is 0.507 e. The van der Waals surface area contributed by atoms with Crippen LogP contribution in [0, 0.1) is 0 Å². The molecule has 0 aliphatic heterocycles. The van der Waals surface area contributed by atoms with E-state index < -0.39 is 0 Å². The van der Waals surface area contributed by atoms with E-state index >= 15 is 0 Å². The van der Waals surface area contributed by atoms with Gasteiger partial charge in [0.2, 0.25) is 0 Å². The molecule has 68 valence electrons. The van der Waals surface area contributed by atoms with Crippen molar-refractivity contribution in [1.82, 2.24) is 0 Å². The van der Waals surface area contributed by atoms with E-state index in [0.717, 1.165) is 6.29 Å². The number of benzene rings is 1. The lowest BCUT2D eigenvalue weighted by Gasteiger charge is -2.05. The molecule has 0 saturated carbocycles. The van der Waals surface area contributed by atoms with Crippen LogP contribution in [0.5, 0.6) is 5.75 Å². The fourth-order valence-electron chi connectivity index (χ4n) is 0.835. The summed E-state index contributed by atoms with van der Waals surface area (Å²) in [7, 11) is 0. The highest BCUT2D eigenvalue weighted by atomic mass is 32.2. The number of phenols is 1. The van der Waals surface area contributed by atoms with Crippen LogP contribution in [0.4, 0.5) is 0 Å². The van der Waals surface area contributed by atoms with Gasteiger partial charge < -0.3 is 9.90 Å². The van der Waals surface area contributed by atoms with Gasteiger partial charge in [-0.2, -0.15) is 0 Å². The van der Waals surface area contributed by atoms with Crippen molar-refractivity contribution in [3.05, 3.63) is 36.9 Å². The normalized spacial score (nSPS) is 12.0. The van der Waals surface area contributed by atoms with Gasteiger partial charge in [-0.25, -0.2) is 0 Å². The lowest BCUT2D eigenvalue weighted by atomic mass is 10.3. The first-order valence-electron chi connectivity index (χ1n) is 3.80. The van der Waals surface area contributed by atoms with Gasteiger partial charge in [-0.15, -0.1) is 18.3 Å². The van der Waals surface area contributed by atoms with Crippen LogP contribution in [0.2, 0.25) is 0 Å². The molecule has 1 unspecified atom stereocenters. The van der Waals surface area contributed by atoms with Gasteiger partial charge in [0.1, 0.15) is 12.0 Å². The number of phenolic OH excluding ortho intramolecular Hbond substituents is 1. The number of aldehydes is 1. The number of aromatic hydroxyl groups is 1. The van der Waals surface area contributed by atoms with Crippen LogP contribution in [0.15, 0.2) is 41.8 Å². The molecule has 13 heavy (non-hydrogen) atoms. The fraction of sp³-hybridized carbons (Fsp3) is 0.100. The molecule has 2 nitrogen and oxygen atoms in total. The van der Waals surface area contributed by atoms with Crippen LogP contribution in [0.25, 0.3) is 0 Å². The van der Waals surface area contributed by atoms with Crippen LogP contribution in [-0.4, -0.2) is 16.6 Å². The van der Waals surface area contributed by atoms with Gasteiger partial charge >= 0.3 is 0 Å². The topological polar surface area (TPSA) is 37.3 Å². The molecule has 0 aromatic heterocycles. The molecular weight excluding hydrogens is 184 g/mol. The van der Waals surface area contributed by atoms with E-state index in [-0.39, 0.29) is 11.0 Å². The van der Waals surface area contributed by atoms with Crippen molar-refractivity contribution in [3.8, 4) is 5.75 Å². The molecule has 0 aliphatic carbocycles. The Balaban J connectivity index is 2.78. The summed E-state index contributed by atoms with van der Waals surface area (Å²) in [4.78, 5) is 11.2. The van der Waals surface area contributed by atoms with E-state index in [1.54, 1.807) is 24.3 Å². The molecule has 1 atom stereocenters. The molecule has 0 spiro atoms. The Kier molecular flexibility index (Phi) is 3.58. The van der Waals surface area contributed by atoms with Crippen molar-refractivity contribution in [2.24, 2.45) is 0 Å². The molecule has 1 aromatic rings. The summed E-state index contributed by atoms with van der Waals surface area (Å²) in [6, 6.07) is 6.91. The predicted molar refractivity (Wildman–Crippen MR) is 54.0 cm³/mol. The van der Waals surface area contributed by atoms with Gasteiger partial charge in [0.15, 0.2) is 0 Å². The Morgan fingerprint density at radius 3 is 2.69 bits per heavy atom. The Bertz CT molecular complexity index is 302. The van der Waals surface area contributed by atoms with Crippen LogP contribution in [-0.2, 0) is 4.79 Å². The first-order chi connectivity index (χ1) is 6.27. The van der Waals surface area contributed by atoms with Crippen molar-refractivity contribution in [1.29, 1.82) is 0 Å². The van der Waals surface area contributed by atoms with Gasteiger partial charge in [-0.1, -0.05) is 18.2 Å². The van der Waals surface area contributed by atoms with E-state index in [2.05, 4.69) is 6.58 Å². The minimum atomic E-state index is -0.298. The molecule has 0 radical (unpaired) electrons. The molecular formula is C10H10O2S. The van der Waals surface area contributed by atoms with Crippen LogP contribution in [0.1, 0.15) is 0 Å². The van der Waals surface area contributed by atoms with E-state index in [0.29, 0.717) is 4.90 Å². The van der Waals surface area contributed by atoms with Crippen molar-refractivity contribution in [3.63, 3.8) is 0 Å². The maximum atomic E-state index is 10.5. The standard InChI is InChI=1S/C10H10O2S/c1-2-8(7-11)13-10-6-4-3-5-9(10)12/h2-8,12H,1H2. The second-order valence-corrected chi connectivity index (χ2v) is 3.64. The fourth-order valence-corrected chi connectivity index (χ4v) is 1.63. The Labute approximate surface area is 81.3 Å². The van der Waals surface area contributed by atoms with Crippen LogP contribution >= 0.6 is 11.8 Å². The van der Waals surface area contributed by atoms with Gasteiger partial charge in [-0.3, -0.25) is 0 Å². The maximum absolute atomic E-state index is 10.5. The third-order valence-corrected chi connectivity index (χ3v) is 2.67. The number of hydrogen-bond acceptors (Lipinski definition) is 3. The predicted octanol–water partition coefficient (Wildman–Crippen LogP) is 2.24. The first-order valence-corrected chi connectivity index (χ1v) is 4.68. The summed E-state index contributed by atoms with van der Waals surface area (Å²) in [6.45, 7) is 3.52. The van der Waals surface area contributed by atoms with Crippen molar-refractivity contribution >= 4 is 18.0 Å². The molecule has 1 rings (SSSR count). The number of carbonyl (C=O) groups excluding carboxylic acids is 1. The monoisotopic (exact) mass is 194 g/mol. The lowest BCUT2D eigenvalue weighted by molar-refractivity contribution is -0.106. The highest BCUT2D eigenvalue weighted by Crippen LogP contribution is 2.30. The summed E-state index contributed by atoms with van der Waals surface area (Å²) < 4.78 is 0. The molecule has 0 heterocycles. The quantitative estimate of drug-likeness (QED) is 0.453. The van der Waals surface area contributed by atoms with Crippen LogP contribution in [0.3, 0.4) is 0 Å².